The van der Waals surface area contributed by atoms with Crippen LogP contribution >= 0.6 is 11.8 Å². The summed E-state index contributed by atoms with van der Waals surface area (Å²) in [6.45, 7) is 2.41. The molecule has 1 aliphatic carbocycles. The van der Waals surface area contributed by atoms with Gasteiger partial charge in [-0.1, -0.05) is 18.7 Å². The number of nitrogens with two attached hydrogens (primary N) is 1. The molecule has 1 heterocycles. The van der Waals surface area contributed by atoms with Gasteiger partial charge in [-0.2, -0.15) is 0 Å². The van der Waals surface area contributed by atoms with Crippen molar-refractivity contribution in [2.75, 3.05) is 5.75 Å². The van der Waals surface area contributed by atoms with Gasteiger partial charge in [0.2, 0.25) is 0 Å². The molecular formula is C10H18N4OS. The van der Waals surface area contributed by atoms with Crippen LogP contribution in [0.1, 0.15) is 38.1 Å². The van der Waals surface area contributed by atoms with Crippen LogP contribution in [0, 0.1) is 0 Å². The van der Waals surface area contributed by atoms with Crippen LogP contribution in [0.15, 0.2) is 5.16 Å². The van der Waals surface area contributed by atoms with E-state index in [2.05, 4.69) is 14.8 Å². The number of nitrogens with zero attached hydrogens (tertiary/aromatic N) is 3. The molecule has 90 valence electrons. The fourth-order valence-electron chi connectivity index (χ4n) is 1.53. The molecule has 1 aromatic heterocycles. The van der Waals surface area contributed by atoms with E-state index in [0.717, 1.165) is 17.4 Å². The molecule has 6 heteroatoms. The second-order valence-corrected chi connectivity index (χ2v) is 5.06. The minimum atomic E-state index is -0.268. The van der Waals surface area contributed by atoms with Crippen LogP contribution in [0.4, 0.5) is 0 Å². The molecule has 1 unspecified atom stereocenters. The van der Waals surface area contributed by atoms with Crippen molar-refractivity contribution in [3.05, 3.63) is 5.82 Å². The summed E-state index contributed by atoms with van der Waals surface area (Å²) < 4.78 is 2.13. The molecule has 1 aliphatic rings. The van der Waals surface area contributed by atoms with Crippen molar-refractivity contribution in [2.24, 2.45) is 5.73 Å². The molecule has 1 fully saturated rings. The van der Waals surface area contributed by atoms with E-state index in [1.807, 2.05) is 6.92 Å². The summed E-state index contributed by atoms with van der Waals surface area (Å²) in [4.78, 5) is 0. The van der Waals surface area contributed by atoms with E-state index in [-0.39, 0.29) is 6.10 Å². The van der Waals surface area contributed by atoms with Gasteiger partial charge in [-0.05, 0) is 19.3 Å². The summed E-state index contributed by atoms with van der Waals surface area (Å²) in [6.07, 6.45) is 2.88. The molecule has 16 heavy (non-hydrogen) atoms. The predicted octanol–water partition coefficient (Wildman–Crippen LogP) is 0.935. The first-order valence-electron chi connectivity index (χ1n) is 5.71. The molecule has 5 nitrogen and oxygen atoms in total. The second kappa shape index (κ2) is 5.16. The highest BCUT2D eigenvalue weighted by Crippen LogP contribution is 2.38. The van der Waals surface area contributed by atoms with E-state index >= 15 is 0 Å². The third-order valence-electron chi connectivity index (χ3n) is 2.71. The quantitative estimate of drug-likeness (QED) is 0.726. The topological polar surface area (TPSA) is 77.0 Å². The van der Waals surface area contributed by atoms with Crippen molar-refractivity contribution in [1.29, 1.82) is 0 Å². The maximum atomic E-state index is 9.53. The van der Waals surface area contributed by atoms with Crippen molar-refractivity contribution in [2.45, 2.75) is 50.0 Å². The Bertz CT molecular complexity index is 351. The Morgan fingerprint density at radius 2 is 2.31 bits per heavy atom. The number of hydrogen-bond donors (Lipinski definition) is 2. The summed E-state index contributed by atoms with van der Waals surface area (Å²) in [7, 11) is 0. The Labute approximate surface area is 99.4 Å². The van der Waals surface area contributed by atoms with Crippen LogP contribution in [-0.4, -0.2) is 31.7 Å². The molecule has 0 aliphatic heterocycles. The van der Waals surface area contributed by atoms with Gasteiger partial charge in [0.1, 0.15) is 5.82 Å². The minimum Gasteiger partial charge on any atom is -0.392 e. The van der Waals surface area contributed by atoms with Crippen molar-refractivity contribution < 1.29 is 5.11 Å². The highest BCUT2D eigenvalue weighted by atomic mass is 32.2. The third-order valence-corrected chi connectivity index (χ3v) is 3.79. The molecule has 1 saturated carbocycles. The molecular weight excluding hydrogens is 224 g/mol. The lowest BCUT2D eigenvalue weighted by atomic mass is 10.3. The largest absolute Gasteiger partial charge is 0.392 e. The summed E-state index contributed by atoms with van der Waals surface area (Å²) >= 11 is 1.57. The Kier molecular flexibility index (Phi) is 3.83. The number of aliphatic hydroxyl groups is 1. The average Bonchev–Trinajstić information content (AvgIpc) is 3.06. The van der Waals surface area contributed by atoms with Crippen molar-refractivity contribution >= 4 is 11.8 Å². The molecule has 0 spiro atoms. The first-order chi connectivity index (χ1) is 7.76. The van der Waals surface area contributed by atoms with E-state index in [9.17, 15) is 5.11 Å². The number of hydrogen-bond acceptors (Lipinski definition) is 5. The lowest BCUT2D eigenvalue weighted by Gasteiger charge is -2.09. The third kappa shape index (κ3) is 2.56. The SMILES string of the molecule is CCC(O)CSc1nnc(CN)n1C1CC1. The zero-order valence-corrected chi connectivity index (χ0v) is 10.3. The fourth-order valence-corrected chi connectivity index (χ4v) is 2.60. The lowest BCUT2D eigenvalue weighted by Crippen LogP contribution is -2.10. The van der Waals surface area contributed by atoms with Crippen molar-refractivity contribution in [1.82, 2.24) is 14.8 Å². The van der Waals surface area contributed by atoms with Gasteiger partial charge < -0.3 is 15.4 Å². The average molecular weight is 242 g/mol. The molecule has 2 rings (SSSR count). The molecule has 0 amide bonds. The van der Waals surface area contributed by atoms with E-state index in [1.165, 1.54) is 12.8 Å². The smallest absolute Gasteiger partial charge is 0.191 e. The van der Waals surface area contributed by atoms with E-state index in [4.69, 9.17) is 5.73 Å². The highest BCUT2D eigenvalue weighted by molar-refractivity contribution is 7.99. The second-order valence-electron chi connectivity index (χ2n) is 4.08. The summed E-state index contributed by atoms with van der Waals surface area (Å²) in [6, 6.07) is 0.537. The predicted molar refractivity (Wildman–Crippen MR) is 63.2 cm³/mol. The van der Waals surface area contributed by atoms with Crippen LogP contribution in [0.2, 0.25) is 0 Å². The maximum Gasteiger partial charge on any atom is 0.191 e. The van der Waals surface area contributed by atoms with E-state index in [1.54, 1.807) is 11.8 Å². The van der Waals surface area contributed by atoms with Crippen molar-refractivity contribution in [3.8, 4) is 0 Å². The number of rotatable bonds is 6. The Morgan fingerprint density at radius 3 is 2.88 bits per heavy atom. The monoisotopic (exact) mass is 242 g/mol. The van der Waals surface area contributed by atoms with Gasteiger partial charge in [-0.3, -0.25) is 0 Å². The summed E-state index contributed by atoms with van der Waals surface area (Å²) in [5.74, 6) is 1.53. The van der Waals surface area contributed by atoms with E-state index < -0.39 is 0 Å². The van der Waals surface area contributed by atoms with Gasteiger partial charge in [0, 0.05) is 11.8 Å². The van der Waals surface area contributed by atoms with Crippen molar-refractivity contribution in [3.63, 3.8) is 0 Å². The maximum absolute atomic E-state index is 9.53. The fraction of sp³-hybridized carbons (Fsp3) is 0.800. The number of aliphatic hydroxyl groups excluding tert-OH is 1. The molecule has 1 atom stereocenters. The standard InChI is InChI=1S/C10H18N4OS/c1-2-8(15)6-16-10-13-12-9(5-11)14(10)7-3-4-7/h7-8,15H,2-6,11H2,1H3. The normalized spacial score (nSPS) is 17.7. The van der Waals surface area contributed by atoms with Gasteiger partial charge >= 0.3 is 0 Å². The number of aromatic nitrogens is 3. The van der Waals surface area contributed by atoms with Crippen LogP contribution in [0.25, 0.3) is 0 Å². The summed E-state index contributed by atoms with van der Waals surface area (Å²) in [5.41, 5.74) is 5.63. The first-order valence-corrected chi connectivity index (χ1v) is 6.69. The highest BCUT2D eigenvalue weighted by Gasteiger charge is 2.29. The molecule has 0 saturated heterocycles. The zero-order chi connectivity index (χ0) is 11.5. The molecule has 0 aromatic carbocycles. The zero-order valence-electron chi connectivity index (χ0n) is 9.46. The Hall–Kier alpha value is -0.590. The van der Waals surface area contributed by atoms with E-state index in [0.29, 0.717) is 18.3 Å². The molecule has 0 bridgehead atoms. The van der Waals surface area contributed by atoms with Gasteiger partial charge in [0.25, 0.3) is 0 Å². The Balaban J connectivity index is 2.05. The van der Waals surface area contributed by atoms with Gasteiger partial charge in [0.15, 0.2) is 5.16 Å². The Morgan fingerprint density at radius 1 is 1.56 bits per heavy atom. The first kappa shape index (κ1) is 11.9. The number of thioether (sulfide) groups is 1. The molecule has 3 N–H and O–H groups in total. The van der Waals surface area contributed by atoms with Crippen LogP contribution < -0.4 is 5.73 Å². The molecule has 0 radical (unpaired) electrons. The van der Waals surface area contributed by atoms with Gasteiger partial charge in [-0.15, -0.1) is 10.2 Å². The van der Waals surface area contributed by atoms with Crippen LogP contribution in [0.5, 0.6) is 0 Å². The molecule has 1 aromatic rings. The lowest BCUT2D eigenvalue weighted by molar-refractivity contribution is 0.195. The summed E-state index contributed by atoms with van der Waals surface area (Å²) in [5, 5.41) is 18.6. The van der Waals surface area contributed by atoms with Gasteiger partial charge in [-0.25, -0.2) is 0 Å². The van der Waals surface area contributed by atoms with Gasteiger partial charge in [0.05, 0.1) is 12.6 Å². The van der Waals surface area contributed by atoms with Crippen LogP contribution in [-0.2, 0) is 6.54 Å². The van der Waals surface area contributed by atoms with Crippen LogP contribution in [0.3, 0.4) is 0 Å². The minimum absolute atomic E-state index is 0.268.